The number of likely N-dealkylation sites (N-methyl/N-ethyl adjacent to an activating group) is 1. The SMILES string of the molecule is CNCc1cccc(CN2CCN(CCN(C)C)CC2)c1. The molecule has 1 heterocycles. The van der Waals surface area contributed by atoms with Gasteiger partial charge in [0.1, 0.15) is 0 Å². The first-order valence-corrected chi connectivity index (χ1v) is 7.99. The van der Waals surface area contributed by atoms with Crippen molar-refractivity contribution in [2.45, 2.75) is 13.1 Å². The van der Waals surface area contributed by atoms with Gasteiger partial charge in [-0.1, -0.05) is 24.3 Å². The second kappa shape index (κ2) is 8.49. The molecule has 1 saturated heterocycles. The monoisotopic (exact) mass is 290 g/mol. The lowest BCUT2D eigenvalue weighted by atomic mass is 10.1. The zero-order valence-corrected chi connectivity index (χ0v) is 13.8. The number of hydrogen-bond donors (Lipinski definition) is 1. The van der Waals surface area contributed by atoms with Crippen LogP contribution in [0.2, 0.25) is 0 Å². The van der Waals surface area contributed by atoms with Gasteiger partial charge in [0.25, 0.3) is 0 Å². The molecular formula is C17H30N4. The molecule has 0 aliphatic carbocycles. The molecule has 1 aliphatic heterocycles. The Morgan fingerprint density at radius 1 is 1.05 bits per heavy atom. The van der Waals surface area contributed by atoms with Gasteiger partial charge in [-0.2, -0.15) is 0 Å². The van der Waals surface area contributed by atoms with Crippen molar-refractivity contribution in [1.29, 1.82) is 0 Å². The minimum atomic E-state index is 0.951. The standard InChI is InChI=1S/C17H30N4/c1-18-14-16-5-4-6-17(13-16)15-21-11-9-20(10-12-21)8-7-19(2)3/h4-6,13,18H,7-12,14-15H2,1-3H3. The lowest BCUT2D eigenvalue weighted by molar-refractivity contribution is 0.120. The second-order valence-electron chi connectivity index (χ2n) is 6.27. The topological polar surface area (TPSA) is 21.8 Å². The highest BCUT2D eigenvalue weighted by atomic mass is 15.3. The summed E-state index contributed by atoms with van der Waals surface area (Å²) >= 11 is 0. The van der Waals surface area contributed by atoms with E-state index in [1.54, 1.807) is 0 Å². The lowest BCUT2D eigenvalue weighted by Gasteiger charge is -2.35. The Bertz CT molecular complexity index is 411. The predicted molar refractivity (Wildman–Crippen MR) is 89.5 cm³/mol. The van der Waals surface area contributed by atoms with E-state index in [4.69, 9.17) is 0 Å². The van der Waals surface area contributed by atoms with Crippen LogP contribution in [0, 0.1) is 0 Å². The van der Waals surface area contributed by atoms with Crippen LogP contribution in [0.15, 0.2) is 24.3 Å². The lowest BCUT2D eigenvalue weighted by Crippen LogP contribution is -2.47. The van der Waals surface area contributed by atoms with E-state index in [0.717, 1.165) is 19.6 Å². The molecule has 1 aromatic rings. The smallest absolute Gasteiger partial charge is 0.0234 e. The van der Waals surface area contributed by atoms with Crippen molar-refractivity contribution < 1.29 is 0 Å². The maximum absolute atomic E-state index is 3.22. The van der Waals surface area contributed by atoms with E-state index in [2.05, 4.69) is 58.4 Å². The average molecular weight is 290 g/mol. The molecule has 0 spiro atoms. The molecule has 0 aromatic heterocycles. The average Bonchev–Trinajstić information content (AvgIpc) is 2.47. The first kappa shape index (κ1) is 16.4. The molecule has 0 saturated carbocycles. The van der Waals surface area contributed by atoms with Gasteiger partial charge in [-0.05, 0) is 32.3 Å². The number of hydrogen-bond acceptors (Lipinski definition) is 4. The number of benzene rings is 1. The van der Waals surface area contributed by atoms with Crippen LogP contribution in [0.1, 0.15) is 11.1 Å². The number of nitrogens with zero attached hydrogens (tertiary/aromatic N) is 3. The first-order chi connectivity index (χ1) is 10.2. The van der Waals surface area contributed by atoms with Crippen molar-refractivity contribution in [3.8, 4) is 0 Å². The quantitative estimate of drug-likeness (QED) is 0.811. The summed E-state index contributed by atoms with van der Waals surface area (Å²) in [7, 11) is 6.29. The maximum atomic E-state index is 3.22. The van der Waals surface area contributed by atoms with Crippen molar-refractivity contribution in [2.24, 2.45) is 0 Å². The molecule has 1 aliphatic rings. The summed E-state index contributed by atoms with van der Waals surface area (Å²) in [6.45, 7) is 9.15. The molecule has 1 N–H and O–H groups in total. The number of rotatable bonds is 7. The van der Waals surface area contributed by atoms with Crippen LogP contribution < -0.4 is 5.32 Å². The van der Waals surface area contributed by atoms with Gasteiger partial charge in [-0.3, -0.25) is 9.80 Å². The minimum absolute atomic E-state index is 0.951. The number of nitrogens with one attached hydrogen (secondary N) is 1. The summed E-state index contributed by atoms with van der Waals surface area (Å²) in [6.07, 6.45) is 0. The fourth-order valence-corrected chi connectivity index (χ4v) is 2.81. The largest absolute Gasteiger partial charge is 0.316 e. The normalized spacial score (nSPS) is 17.5. The highest BCUT2D eigenvalue weighted by Crippen LogP contribution is 2.11. The van der Waals surface area contributed by atoms with Gasteiger partial charge in [0.2, 0.25) is 0 Å². The van der Waals surface area contributed by atoms with Crippen molar-refractivity contribution >= 4 is 0 Å². The van der Waals surface area contributed by atoms with Gasteiger partial charge in [-0.15, -0.1) is 0 Å². The molecule has 0 atom stereocenters. The van der Waals surface area contributed by atoms with Gasteiger partial charge < -0.3 is 10.2 Å². The Morgan fingerprint density at radius 3 is 2.38 bits per heavy atom. The van der Waals surface area contributed by atoms with E-state index in [0.29, 0.717) is 0 Å². The summed E-state index contributed by atoms with van der Waals surface area (Å²) in [6, 6.07) is 8.95. The van der Waals surface area contributed by atoms with Crippen molar-refractivity contribution in [3.05, 3.63) is 35.4 Å². The van der Waals surface area contributed by atoms with Crippen LogP contribution in [0.25, 0.3) is 0 Å². The third-order valence-electron chi connectivity index (χ3n) is 4.11. The summed E-state index contributed by atoms with van der Waals surface area (Å²) in [5, 5.41) is 3.22. The van der Waals surface area contributed by atoms with Crippen LogP contribution in [0.4, 0.5) is 0 Å². The molecule has 118 valence electrons. The first-order valence-electron chi connectivity index (χ1n) is 7.99. The van der Waals surface area contributed by atoms with Crippen LogP contribution in [0.3, 0.4) is 0 Å². The number of piperazine rings is 1. The second-order valence-corrected chi connectivity index (χ2v) is 6.27. The van der Waals surface area contributed by atoms with E-state index in [9.17, 15) is 0 Å². The summed E-state index contributed by atoms with van der Waals surface area (Å²) < 4.78 is 0. The molecule has 21 heavy (non-hydrogen) atoms. The summed E-state index contributed by atoms with van der Waals surface area (Å²) in [5.41, 5.74) is 2.81. The van der Waals surface area contributed by atoms with Gasteiger partial charge >= 0.3 is 0 Å². The molecule has 0 radical (unpaired) electrons. The van der Waals surface area contributed by atoms with Gasteiger partial charge in [-0.25, -0.2) is 0 Å². The Labute approximate surface area is 129 Å². The van der Waals surface area contributed by atoms with Gasteiger partial charge in [0.05, 0.1) is 0 Å². The summed E-state index contributed by atoms with van der Waals surface area (Å²) in [4.78, 5) is 7.41. The molecular weight excluding hydrogens is 260 g/mol. The fourth-order valence-electron chi connectivity index (χ4n) is 2.81. The van der Waals surface area contributed by atoms with E-state index >= 15 is 0 Å². The molecule has 2 rings (SSSR count). The van der Waals surface area contributed by atoms with Crippen LogP contribution >= 0.6 is 0 Å². The molecule has 0 unspecified atom stereocenters. The molecule has 0 amide bonds. The third kappa shape index (κ3) is 5.75. The van der Waals surface area contributed by atoms with Crippen LogP contribution in [0.5, 0.6) is 0 Å². The Kier molecular flexibility index (Phi) is 6.64. The van der Waals surface area contributed by atoms with Crippen LogP contribution in [-0.2, 0) is 13.1 Å². The van der Waals surface area contributed by atoms with E-state index in [1.807, 2.05) is 7.05 Å². The molecule has 1 aromatic carbocycles. The Balaban J connectivity index is 1.76. The minimum Gasteiger partial charge on any atom is -0.316 e. The fraction of sp³-hybridized carbons (Fsp3) is 0.647. The highest BCUT2D eigenvalue weighted by Gasteiger charge is 2.16. The van der Waals surface area contributed by atoms with Crippen molar-refractivity contribution in [2.75, 3.05) is 60.4 Å². The zero-order valence-electron chi connectivity index (χ0n) is 13.8. The maximum Gasteiger partial charge on any atom is 0.0234 e. The molecule has 4 heteroatoms. The third-order valence-corrected chi connectivity index (χ3v) is 4.11. The van der Waals surface area contributed by atoms with E-state index in [1.165, 1.54) is 43.9 Å². The van der Waals surface area contributed by atoms with Crippen LogP contribution in [-0.4, -0.2) is 75.1 Å². The van der Waals surface area contributed by atoms with Crippen molar-refractivity contribution in [1.82, 2.24) is 20.0 Å². The Hall–Kier alpha value is -0.940. The molecule has 0 bridgehead atoms. The van der Waals surface area contributed by atoms with Gasteiger partial charge in [0, 0.05) is 52.4 Å². The highest BCUT2D eigenvalue weighted by molar-refractivity contribution is 5.23. The molecule has 4 nitrogen and oxygen atoms in total. The molecule has 1 fully saturated rings. The van der Waals surface area contributed by atoms with E-state index in [-0.39, 0.29) is 0 Å². The summed E-state index contributed by atoms with van der Waals surface area (Å²) in [5.74, 6) is 0. The zero-order chi connectivity index (χ0) is 15.1. The Morgan fingerprint density at radius 2 is 1.71 bits per heavy atom. The van der Waals surface area contributed by atoms with Crippen molar-refractivity contribution in [3.63, 3.8) is 0 Å². The van der Waals surface area contributed by atoms with E-state index < -0.39 is 0 Å². The van der Waals surface area contributed by atoms with Gasteiger partial charge in [0.15, 0.2) is 0 Å². The predicted octanol–water partition coefficient (Wildman–Crippen LogP) is 1.09.